The predicted octanol–water partition coefficient (Wildman–Crippen LogP) is 6.83. The summed E-state index contributed by atoms with van der Waals surface area (Å²) in [7, 11) is 0. The van der Waals surface area contributed by atoms with Crippen LogP contribution in [0.15, 0.2) is 52.7 Å². The SMILES string of the molecule is CC1=CC(C)(C)n2c(O)c(N=Nc3nc4ccccc4s3)c3cc(C)cc1c32. The molecule has 0 atom stereocenters. The molecule has 28 heavy (non-hydrogen) atoms. The van der Waals surface area contributed by atoms with E-state index in [-0.39, 0.29) is 11.4 Å². The molecule has 0 bridgehead atoms. The topological polar surface area (TPSA) is 62.8 Å². The third-order valence-corrected chi connectivity index (χ3v) is 6.17. The van der Waals surface area contributed by atoms with E-state index in [1.54, 1.807) is 0 Å². The van der Waals surface area contributed by atoms with Crippen molar-refractivity contribution in [3.63, 3.8) is 0 Å². The molecule has 0 aliphatic carbocycles. The summed E-state index contributed by atoms with van der Waals surface area (Å²) in [6, 6.07) is 12.1. The molecule has 0 saturated heterocycles. The fourth-order valence-electron chi connectivity index (χ4n) is 4.16. The molecule has 0 unspecified atom stereocenters. The number of fused-ring (bicyclic) bond motifs is 1. The Morgan fingerprint density at radius 1 is 1.11 bits per heavy atom. The largest absolute Gasteiger partial charge is 0.493 e. The number of hydrogen-bond donors (Lipinski definition) is 1. The minimum atomic E-state index is -0.349. The molecule has 0 saturated carbocycles. The van der Waals surface area contributed by atoms with Crippen LogP contribution in [-0.4, -0.2) is 14.7 Å². The van der Waals surface area contributed by atoms with Gasteiger partial charge in [-0.05, 0) is 63.1 Å². The van der Waals surface area contributed by atoms with Crippen molar-refractivity contribution in [2.45, 2.75) is 33.2 Å². The van der Waals surface area contributed by atoms with E-state index in [4.69, 9.17) is 0 Å². The summed E-state index contributed by atoms with van der Waals surface area (Å²) < 4.78 is 3.02. The number of nitrogens with zero attached hydrogens (tertiary/aromatic N) is 4. The van der Waals surface area contributed by atoms with Crippen LogP contribution in [-0.2, 0) is 5.54 Å². The van der Waals surface area contributed by atoms with Gasteiger partial charge in [0.1, 0.15) is 0 Å². The molecule has 0 radical (unpaired) electrons. The van der Waals surface area contributed by atoms with Gasteiger partial charge in [-0.15, -0.1) is 10.2 Å². The van der Waals surface area contributed by atoms with Crippen molar-refractivity contribution in [3.8, 4) is 5.88 Å². The number of benzene rings is 2. The van der Waals surface area contributed by atoms with Crippen LogP contribution in [0.25, 0.3) is 26.7 Å². The van der Waals surface area contributed by atoms with Gasteiger partial charge in [0.2, 0.25) is 11.0 Å². The van der Waals surface area contributed by atoms with Crippen LogP contribution in [0.3, 0.4) is 0 Å². The Morgan fingerprint density at radius 3 is 2.68 bits per heavy atom. The molecule has 140 valence electrons. The Kier molecular flexibility index (Phi) is 3.52. The molecule has 1 aliphatic rings. The van der Waals surface area contributed by atoms with Gasteiger partial charge in [-0.3, -0.25) is 0 Å². The molecule has 4 aromatic rings. The Morgan fingerprint density at radius 2 is 1.89 bits per heavy atom. The number of allylic oxidation sites excluding steroid dienone is 2. The van der Waals surface area contributed by atoms with E-state index < -0.39 is 0 Å². The standard InChI is InChI=1S/C22H20N4OS/c1-12-9-14-13(2)11-22(3,4)26-19(14)15(10-12)18(20(26)27)24-25-21-23-16-7-5-6-8-17(16)28-21/h5-11,27H,1-4H3. The van der Waals surface area contributed by atoms with Gasteiger partial charge in [0.15, 0.2) is 5.69 Å². The highest BCUT2D eigenvalue weighted by Gasteiger charge is 2.32. The summed E-state index contributed by atoms with van der Waals surface area (Å²) in [5.74, 6) is 0.139. The minimum Gasteiger partial charge on any atom is -0.493 e. The third kappa shape index (κ3) is 2.41. The second-order valence-electron chi connectivity index (χ2n) is 7.86. The van der Waals surface area contributed by atoms with E-state index in [2.05, 4.69) is 61.1 Å². The van der Waals surface area contributed by atoms with Gasteiger partial charge in [0.25, 0.3) is 0 Å². The van der Waals surface area contributed by atoms with Gasteiger partial charge in [-0.2, -0.15) is 0 Å². The van der Waals surface area contributed by atoms with Crippen LogP contribution < -0.4 is 0 Å². The highest BCUT2D eigenvalue weighted by atomic mass is 32.1. The molecule has 5 nitrogen and oxygen atoms in total. The lowest BCUT2D eigenvalue weighted by atomic mass is 9.91. The lowest BCUT2D eigenvalue weighted by Gasteiger charge is -2.31. The van der Waals surface area contributed by atoms with Crippen molar-refractivity contribution in [3.05, 3.63) is 53.6 Å². The summed E-state index contributed by atoms with van der Waals surface area (Å²) >= 11 is 1.49. The molecular formula is C22H20N4OS. The number of aromatic nitrogens is 2. The van der Waals surface area contributed by atoms with Crippen molar-refractivity contribution in [1.82, 2.24) is 9.55 Å². The number of rotatable bonds is 2. The van der Waals surface area contributed by atoms with Crippen LogP contribution >= 0.6 is 11.3 Å². The normalized spacial score (nSPS) is 15.6. The first-order valence-corrected chi connectivity index (χ1v) is 10.0. The molecule has 5 rings (SSSR count). The quantitative estimate of drug-likeness (QED) is 0.382. The molecule has 0 spiro atoms. The van der Waals surface area contributed by atoms with Gasteiger partial charge < -0.3 is 9.67 Å². The second-order valence-corrected chi connectivity index (χ2v) is 8.87. The molecule has 0 fully saturated rings. The van der Waals surface area contributed by atoms with Crippen LogP contribution in [0.4, 0.5) is 10.8 Å². The first-order valence-electron chi connectivity index (χ1n) is 9.21. The monoisotopic (exact) mass is 388 g/mol. The van der Waals surface area contributed by atoms with Crippen molar-refractivity contribution in [2.75, 3.05) is 0 Å². The van der Waals surface area contributed by atoms with Gasteiger partial charge in [-0.25, -0.2) is 4.98 Å². The summed E-state index contributed by atoms with van der Waals surface area (Å²) in [5.41, 5.74) is 5.53. The van der Waals surface area contributed by atoms with E-state index in [0.717, 1.165) is 32.2 Å². The fraction of sp³-hybridized carbons (Fsp3) is 0.227. The molecule has 2 aromatic heterocycles. The van der Waals surface area contributed by atoms with Gasteiger partial charge in [0.05, 0.1) is 21.3 Å². The van der Waals surface area contributed by atoms with Crippen molar-refractivity contribution >= 4 is 48.8 Å². The zero-order valence-corrected chi connectivity index (χ0v) is 17.0. The van der Waals surface area contributed by atoms with E-state index in [1.165, 1.54) is 16.9 Å². The predicted molar refractivity (Wildman–Crippen MR) is 115 cm³/mol. The smallest absolute Gasteiger partial charge is 0.231 e. The van der Waals surface area contributed by atoms with Gasteiger partial charge >= 0.3 is 0 Å². The van der Waals surface area contributed by atoms with Gasteiger partial charge in [0, 0.05) is 10.9 Å². The zero-order valence-electron chi connectivity index (χ0n) is 16.2. The van der Waals surface area contributed by atoms with E-state index in [0.29, 0.717) is 10.8 Å². The number of azo groups is 1. The van der Waals surface area contributed by atoms with Gasteiger partial charge in [-0.1, -0.05) is 29.5 Å². The third-order valence-electron chi connectivity index (χ3n) is 5.25. The maximum Gasteiger partial charge on any atom is 0.231 e. The summed E-state index contributed by atoms with van der Waals surface area (Å²) in [4.78, 5) is 4.51. The Hall–Kier alpha value is -2.99. The Labute approximate surface area is 166 Å². The minimum absolute atomic E-state index is 0.139. The fourth-order valence-corrected chi connectivity index (χ4v) is 4.95. The van der Waals surface area contributed by atoms with Crippen LogP contribution in [0.2, 0.25) is 0 Å². The van der Waals surface area contributed by atoms with Crippen molar-refractivity contribution in [2.24, 2.45) is 10.2 Å². The number of para-hydroxylation sites is 1. The zero-order chi connectivity index (χ0) is 19.6. The second kappa shape index (κ2) is 5.75. The number of thiazole rings is 1. The summed E-state index contributed by atoms with van der Waals surface area (Å²) in [6.07, 6.45) is 2.18. The highest BCUT2D eigenvalue weighted by molar-refractivity contribution is 7.21. The van der Waals surface area contributed by atoms with Crippen molar-refractivity contribution in [1.29, 1.82) is 0 Å². The maximum atomic E-state index is 11.1. The Balaban J connectivity index is 1.73. The lowest BCUT2D eigenvalue weighted by molar-refractivity contribution is 0.362. The summed E-state index contributed by atoms with van der Waals surface area (Å²) in [6.45, 7) is 8.36. The molecule has 1 aliphatic heterocycles. The first-order chi connectivity index (χ1) is 13.3. The average Bonchev–Trinajstić information content (AvgIpc) is 3.16. The number of aromatic hydroxyl groups is 1. The van der Waals surface area contributed by atoms with Crippen molar-refractivity contribution < 1.29 is 5.11 Å². The molecule has 0 amide bonds. The van der Waals surface area contributed by atoms with Crippen LogP contribution in [0, 0.1) is 6.92 Å². The average molecular weight is 388 g/mol. The molecular weight excluding hydrogens is 368 g/mol. The molecule has 3 heterocycles. The van der Waals surface area contributed by atoms with E-state index >= 15 is 0 Å². The van der Waals surface area contributed by atoms with Crippen LogP contribution in [0.5, 0.6) is 5.88 Å². The van der Waals surface area contributed by atoms with Crippen LogP contribution in [0.1, 0.15) is 31.9 Å². The lowest BCUT2D eigenvalue weighted by Crippen LogP contribution is -2.26. The summed E-state index contributed by atoms with van der Waals surface area (Å²) in [5, 5.41) is 21.4. The molecule has 1 N–H and O–H groups in total. The highest BCUT2D eigenvalue weighted by Crippen LogP contribution is 2.49. The molecule has 2 aromatic carbocycles. The number of hydrogen-bond acceptors (Lipinski definition) is 5. The number of aryl methyl sites for hydroxylation is 1. The molecule has 6 heteroatoms. The Bertz CT molecular complexity index is 1290. The maximum absolute atomic E-state index is 11.1. The first kappa shape index (κ1) is 17.1. The van der Waals surface area contributed by atoms with E-state index in [1.807, 2.05) is 28.8 Å². The van der Waals surface area contributed by atoms with E-state index in [9.17, 15) is 5.11 Å².